The fourth-order valence-corrected chi connectivity index (χ4v) is 2.55. The molecule has 0 saturated heterocycles. The fourth-order valence-electron chi connectivity index (χ4n) is 1.41. The number of hydrogen-bond donors (Lipinski definition) is 0. The molecule has 0 saturated carbocycles. The first-order chi connectivity index (χ1) is 5.90. The van der Waals surface area contributed by atoms with Gasteiger partial charge in [-0.15, -0.1) is 0 Å². The van der Waals surface area contributed by atoms with Crippen molar-refractivity contribution >= 4 is 13.5 Å². The summed E-state index contributed by atoms with van der Waals surface area (Å²) >= 11 is 0. The minimum Gasteiger partial charge on any atom is -0.0654 e. The molecule has 0 aromatic rings. The van der Waals surface area contributed by atoms with Crippen molar-refractivity contribution in [1.29, 1.82) is 0 Å². The van der Waals surface area contributed by atoms with E-state index in [1.165, 1.54) is 43.6 Å². The molecule has 0 N–H and O–H groups in total. The number of unbranched alkanes of at least 4 members (excludes halogenated alkanes) is 1. The molecule has 2 aliphatic rings. The third-order valence-electron chi connectivity index (χ3n) is 2.09. The van der Waals surface area contributed by atoms with Gasteiger partial charge in [0.25, 0.3) is 0 Å². The summed E-state index contributed by atoms with van der Waals surface area (Å²) in [5.74, 6) is 0. The molecule has 1 radical (unpaired) electrons. The van der Waals surface area contributed by atoms with Crippen molar-refractivity contribution in [3.8, 4) is 0 Å². The van der Waals surface area contributed by atoms with Crippen LogP contribution in [0.15, 0.2) is 29.1 Å². The SMILES string of the molecule is CCCCC1=[C]C2=CC=CC2=P1. The highest BCUT2D eigenvalue weighted by Crippen LogP contribution is 2.33. The van der Waals surface area contributed by atoms with Crippen LogP contribution in [-0.4, -0.2) is 5.29 Å². The zero-order chi connectivity index (χ0) is 8.39. The number of hydrogen-bond acceptors (Lipinski definition) is 0. The van der Waals surface area contributed by atoms with E-state index in [0.717, 1.165) is 0 Å². The van der Waals surface area contributed by atoms with Gasteiger partial charge in [0, 0.05) is 5.29 Å². The molecule has 0 spiro atoms. The largest absolute Gasteiger partial charge is 0.0654 e. The highest BCUT2D eigenvalue weighted by atomic mass is 31.1. The van der Waals surface area contributed by atoms with Crippen LogP contribution in [0, 0.1) is 6.08 Å². The first kappa shape index (κ1) is 8.01. The van der Waals surface area contributed by atoms with Crippen LogP contribution in [0.2, 0.25) is 0 Å². The lowest BCUT2D eigenvalue weighted by Crippen LogP contribution is -1.82. The third kappa shape index (κ3) is 1.44. The predicted octanol–water partition coefficient (Wildman–Crippen LogP) is 3.49. The Morgan fingerprint density at radius 1 is 1.50 bits per heavy atom. The van der Waals surface area contributed by atoms with Crippen LogP contribution in [0.5, 0.6) is 0 Å². The lowest BCUT2D eigenvalue weighted by molar-refractivity contribution is 0.807. The monoisotopic (exact) mass is 175 g/mol. The minimum atomic E-state index is 1.23. The number of fused-ring (bicyclic) bond motifs is 1. The van der Waals surface area contributed by atoms with Crippen molar-refractivity contribution in [2.75, 3.05) is 0 Å². The number of allylic oxidation sites excluding steroid dienone is 6. The van der Waals surface area contributed by atoms with Crippen LogP contribution in [-0.2, 0) is 0 Å². The topological polar surface area (TPSA) is 0 Å². The second-order valence-corrected chi connectivity index (χ2v) is 4.36. The summed E-state index contributed by atoms with van der Waals surface area (Å²) in [6.07, 6.45) is 13.7. The molecule has 0 nitrogen and oxygen atoms in total. The van der Waals surface area contributed by atoms with E-state index in [4.69, 9.17) is 0 Å². The van der Waals surface area contributed by atoms with E-state index in [1.807, 2.05) is 0 Å². The highest BCUT2D eigenvalue weighted by molar-refractivity contribution is 7.47. The quantitative estimate of drug-likeness (QED) is 0.576. The van der Waals surface area contributed by atoms with Crippen molar-refractivity contribution < 1.29 is 0 Å². The Morgan fingerprint density at radius 3 is 3.17 bits per heavy atom. The van der Waals surface area contributed by atoms with Gasteiger partial charge in [-0.05, 0) is 35.9 Å². The lowest BCUT2D eigenvalue weighted by atomic mass is 10.2. The highest BCUT2D eigenvalue weighted by Gasteiger charge is 2.13. The van der Waals surface area contributed by atoms with Crippen molar-refractivity contribution in [1.82, 2.24) is 0 Å². The molecule has 2 rings (SSSR count). The first-order valence-electron chi connectivity index (χ1n) is 4.50. The molecule has 12 heavy (non-hydrogen) atoms. The molecule has 0 atom stereocenters. The molecule has 0 aromatic heterocycles. The average Bonchev–Trinajstić information content (AvgIpc) is 2.58. The van der Waals surface area contributed by atoms with Gasteiger partial charge in [-0.3, -0.25) is 0 Å². The summed E-state index contributed by atoms with van der Waals surface area (Å²) in [4.78, 5) is 0. The average molecular weight is 175 g/mol. The van der Waals surface area contributed by atoms with Gasteiger partial charge in [0.15, 0.2) is 0 Å². The van der Waals surface area contributed by atoms with Crippen LogP contribution < -0.4 is 0 Å². The zero-order valence-corrected chi connectivity index (χ0v) is 8.20. The van der Waals surface area contributed by atoms with Gasteiger partial charge in [0.05, 0.1) is 0 Å². The maximum atomic E-state index is 3.45. The summed E-state index contributed by atoms with van der Waals surface area (Å²) in [6.45, 7) is 2.24. The summed E-state index contributed by atoms with van der Waals surface area (Å²) in [5, 5.41) is 2.92. The zero-order valence-electron chi connectivity index (χ0n) is 7.30. The van der Waals surface area contributed by atoms with Gasteiger partial charge in [-0.1, -0.05) is 33.7 Å². The smallest absolute Gasteiger partial charge is 0.00995 e. The molecule has 0 aromatic carbocycles. The van der Waals surface area contributed by atoms with Crippen LogP contribution >= 0.6 is 8.20 Å². The Bertz CT molecular complexity index is 303. The van der Waals surface area contributed by atoms with Crippen molar-refractivity contribution in [2.45, 2.75) is 26.2 Å². The van der Waals surface area contributed by atoms with E-state index in [-0.39, 0.29) is 0 Å². The Labute approximate surface area is 75.5 Å². The molecule has 1 heterocycles. The Hall–Kier alpha value is -0.610. The van der Waals surface area contributed by atoms with Crippen molar-refractivity contribution in [3.63, 3.8) is 0 Å². The molecule has 0 unspecified atom stereocenters. The minimum absolute atomic E-state index is 1.23. The van der Waals surface area contributed by atoms with E-state index in [2.05, 4.69) is 31.2 Å². The first-order valence-corrected chi connectivity index (χ1v) is 5.40. The molecule has 1 aliphatic carbocycles. The summed E-state index contributed by atoms with van der Waals surface area (Å²) in [7, 11) is 1.40. The maximum Gasteiger partial charge on any atom is 0.00995 e. The predicted molar refractivity (Wildman–Crippen MR) is 55.4 cm³/mol. The Kier molecular flexibility index (Phi) is 2.28. The van der Waals surface area contributed by atoms with E-state index >= 15 is 0 Å². The standard InChI is InChI=1S/C11H12P/c1-2-3-6-10-8-9-5-4-7-11(9)12-10/h4-5,7H,2-3,6H2,1H3. The van der Waals surface area contributed by atoms with E-state index in [1.54, 1.807) is 0 Å². The lowest BCUT2D eigenvalue weighted by Gasteiger charge is -1.93. The molecule has 0 amide bonds. The van der Waals surface area contributed by atoms with Crippen molar-refractivity contribution in [3.05, 3.63) is 35.2 Å². The van der Waals surface area contributed by atoms with Crippen LogP contribution in [0.4, 0.5) is 0 Å². The second kappa shape index (κ2) is 3.41. The third-order valence-corrected chi connectivity index (χ3v) is 3.33. The van der Waals surface area contributed by atoms with Crippen molar-refractivity contribution in [2.24, 2.45) is 0 Å². The Morgan fingerprint density at radius 2 is 2.42 bits per heavy atom. The van der Waals surface area contributed by atoms with Gasteiger partial charge in [0.2, 0.25) is 0 Å². The van der Waals surface area contributed by atoms with Crippen LogP contribution in [0.25, 0.3) is 0 Å². The van der Waals surface area contributed by atoms with Gasteiger partial charge in [-0.25, -0.2) is 0 Å². The molecule has 61 valence electrons. The maximum absolute atomic E-state index is 3.45. The van der Waals surface area contributed by atoms with E-state index < -0.39 is 0 Å². The summed E-state index contributed by atoms with van der Waals surface area (Å²) in [6, 6.07) is 0. The van der Waals surface area contributed by atoms with Gasteiger partial charge >= 0.3 is 0 Å². The van der Waals surface area contributed by atoms with E-state index in [9.17, 15) is 0 Å². The molecule has 0 bridgehead atoms. The summed E-state index contributed by atoms with van der Waals surface area (Å²) < 4.78 is 0. The van der Waals surface area contributed by atoms with Crippen LogP contribution in [0.3, 0.4) is 0 Å². The van der Waals surface area contributed by atoms with Gasteiger partial charge in [0.1, 0.15) is 0 Å². The fraction of sp³-hybridized carbons (Fsp3) is 0.364. The van der Waals surface area contributed by atoms with Gasteiger partial charge < -0.3 is 0 Å². The van der Waals surface area contributed by atoms with Gasteiger partial charge in [-0.2, -0.15) is 0 Å². The normalized spacial score (nSPS) is 20.2. The van der Waals surface area contributed by atoms with E-state index in [0.29, 0.717) is 0 Å². The summed E-state index contributed by atoms with van der Waals surface area (Å²) in [5.41, 5.74) is 1.32. The van der Waals surface area contributed by atoms with Crippen LogP contribution in [0.1, 0.15) is 26.2 Å². The number of rotatable bonds is 3. The Balaban J connectivity index is 2.04. The molecule has 1 aliphatic heterocycles. The molecule has 0 fully saturated rings. The molecular weight excluding hydrogens is 163 g/mol. The second-order valence-electron chi connectivity index (χ2n) is 3.11. The molecule has 1 heteroatoms. The molecular formula is C11H12P.